The number of carbonyl (C=O) groups excluding carboxylic acids is 3. The van der Waals surface area contributed by atoms with Crippen molar-refractivity contribution in [3.63, 3.8) is 0 Å². The van der Waals surface area contributed by atoms with E-state index < -0.39 is 23.9 Å². The average Bonchev–Trinajstić information content (AvgIpc) is 3.03. The van der Waals surface area contributed by atoms with E-state index in [9.17, 15) is 14.4 Å². The predicted octanol–water partition coefficient (Wildman–Crippen LogP) is 2.75. The fraction of sp³-hybridized carbons (Fsp3) is 0.190. The second kappa shape index (κ2) is 8.87. The molecule has 1 aliphatic rings. The highest BCUT2D eigenvalue weighted by molar-refractivity contribution is 6.32. The van der Waals surface area contributed by atoms with Crippen LogP contribution in [0.25, 0.3) is 6.08 Å². The molecular weight excluding hydrogens is 412 g/mol. The standard InChI is InChI=1S/C21H19ClN2O6/c1-12(21(27)29-3)30-18-13(9-14(22)11-17(18)28-2)10-16-19(25)23-24(20(16)26)15-7-5-4-6-8-15/h4-12H,1-3H3,(H,23,25)/b16-10+/t12-/m1/s1. The highest BCUT2D eigenvalue weighted by Crippen LogP contribution is 2.37. The Hall–Kier alpha value is -3.52. The van der Waals surface area contributed by atoms with E-state index in [1.807, 2.05) is 0 Å². The zero-order valence-corrected chi connectivity index (χ0v) is 17.2. The van der Waals surface area contributed by atoms with Gasteiger partial charge in [0, 0.05) is 16.7 Å². The molecule has 0 aromatic heterocycles. The quantitative estimate of drug-likeness (QED) is 0.430. The summed E-state index contributed by atoms with van der Waals surface area (Å²) in [5.74, 6) is -1.36. The summed E-state index contributed by atoms with van der Waals surface area (Å²) in [6.07, 6.45) is 0.380. The van der Waals surface area contributed by atoms with E-state index in [1.54, 1.807) is 30.3 Å². The lowest BCUT2D eigenvalue weighted by atomic mass is 10.1. The minimum absolute atomic E-state index is 0.126. The van der Waals surface area contributed by atoms with Crippen LogP contribution < -0.4 is 19.9 Å². The van der Waals surface area contributed by atoms with E-state index >= 15 is 0 Å². The van der Waals surface area contributed by atoms with Gasteiger partial charge >= 0.3 is 5.97 Å². The van der Waals surface area contributed by atoms with Crippen LogP contribution in [-0.2, 0) is 19.1 Å². The van der Waals surface area contributed by atoms with Gasteiger partial charge in [-0.15, -0.1) is 0 Å². The number of carbonyl (C=O) groups is 3. The summed E-state index contributed by atoms with van der Waals surface area (Å²) < 4.78 is 15.7. The van der Waals surface area contributed by atoms with Gasteiger partial charge in [-0.05, 0) is 31.2 Å². The van der Waals surface area contributed by atoms with Crippen LogP contribution in [0.5, 0.6) is 11.5 Å². The molecule has 8 nitrogen and oxygen atoms in total. The summed E-state index contributed by atoms with van der Waals surface area (Å²) in [4.78, 5) is 37.1. The van der Waals surface area contributed by atoms with Crippen molar-refractivity contribution in [2.45, 2.75) is 13.0 Å². The summed E-state index contributed by atoms with van der Waals surface area (Å²) in [5, 5.41) is 1.44. The van der Waals surface area contributed by atoms with Crippen LogP contribution >= 0.6 is 11.6 Å². The fourth-order valence-corrected chi connectivity index (χ4v) is 3.05. The number of anilines is 1. The number of rotatable bonds is 6. The summed E-state index contributed by atoms with van der Waals surface area (Å²) in [5.41, 5.74) is 3.20. The van der Waals surface area contributed by atoms with Crippen molar-refractivity contribution in [3.05, 3.63) is 58.6 Å². The molecule has 0 radical (unpaired) electrons. The number of para-hydroxylation sites is 1. The molecule has 0 spiro atoms. The summed E-state index contributed by atoms with van der Waals surface area (Å²) in [6.45, 7) is 1.50. The van der Waals surface area contributed by atoms with Gasteiger partial charge in [-0.2, -0.15) is 0 Å². The lowest BCUT2D eigenvalue weighted by molar-refractivity contribution is -0.148. The number of hydrogen-bond acceptors (Lipinski definition) is 6. The summed E-state index contributed by atoms with van der Waals surface area (Å²) in [6, 6.07) is 11.7. The Kier molecular flexibility index (Phi) is 6.27. The molecule has 0 bridgehead atoms. The third-order valence-electron chi connectivity index (χ3n) is 4.30. The smallest absolute Gasteiger partial charge is 0.346 e. The van der Waals surface area contributed by atoms with Gasteiger partial charge in [-0.1, -0.05) is 29.8 Å². The second-order valence-corrected chi connectivity index (χ2v) is 6.72. The van der Waals surface area contributed by atoms with Gasteiger partial charge in [0.25, 0.3) is 11.8 Å². The van der Waals surface area contributed by atoms with Gasteiger partial charge in [0.05, 0.1) is 19.9 Å². The normalized spacial score (nSPS) is 15.7. The number of hydrazine groups is 1. The van der Waals surface area contributed by atoms with Gasteiger partial charge in [0.15, 0.2) is 17.6 Å². The van der Waals surface area contributed by atoms with Crippen molar-refractivity contribution in [1.82, 2.24) is 5.43 Å². The molecule has 30 heavy (non-hydrogen) atoms. The summed E-state index contributed by atoms with van der Waals surface area (Å²) in [7, 11) is 2.65. The minimum Gasteiger partial charge on any atom is -0.493 e. The minimum atomic E-state index is -0.962. The molecule has 9 heteroatoms. The molecule has 2 amide bonds. The number of nitrogens with one attached hydrogen (secondary N) is 1. The van der Waals surface area contributed by atoms with Crippen LogP contribution in [0.4, 0.5) is 5.69 Å². The molecule has 1 heterocycles. The number of methoxy groups -OCH3 is 2. The molecule has 1 N–H and O–H groups in total. The Labute approximate surface area is 177 Å². The molecule has 156 valence electrons. The third-order valence-corrected chi connectivity index (χ3v) is 4.52. The lowest BCUT2D eigenvalue weighted by Crippen LogP contribution is -2.35. The molecule has 0 aliphatic carbocycles. The molecule has 0 saturated carbocycles. The van der Waals surface area contributed by atoms with Gasteiger partial charge in [-0.25, -0.2) is 9.80 Å². The van der Waals surface area contributed by atoms with Crippen molar-refractivity contribution in [2.75, 3.05) is 19.2 Å². The first-order valence-corrected chi connectivity index (χ1v) is 9.27. The number of hydrogen-bond donors (Lipinski definition) is 1. The summed E-state index contributed by atoms with van der Waals surface area (Å²) >= 11 is 6.16. The van der Waals surface area contributed by atoms with Crippen molar-refractivity contribution in [3.8, 4) is 11.5 Å². The zero-order chi connectivity index (χ0) is 21.8. The van der Waals surface area contributed by atoms with Crippen molar-refractivity contribution < 1.29 is 28.6 Å². The monoisotopic (exact) mass is 430 g/mol. The first-order chi connectivity index (χ1) is 14.3. The van der Waals surface area contributed by atoms with Crippen LogP contribution in [0.2, 0.25) is 5.02 Å². The molecule has 1 atom stereocenters. The molecule has 0 unspecified atom stereocenters. The van der Waals surface area contributed by atoms with Crippen LogP contribution in [0.15, 0.2) is 48.0 Å². The Bertz CT molecular complexity index is 1020. The molecular formula is C21H19ClN2O6. The third kappa shape index (κ3) is 4.23. The number of halogens is 1. The molecule has 2 aromatic carbocycles. The van der Waals surface area contributed by atoms with Crippen molar-refractivity contribution in [1.29, 1.82) is 0 Å². The van der Waals surface area contributed by atoms with E-state index in [0.717, 1.165) is 5.01 Å². The predicted molar refractivity (Wildman–Crippen MR) is 110 cm³/mol. The molecule has 1 fully saturated rings. The van der Waals surface area contributed by atoms with E-state index in [4.69, 9.17) is 21.1 Å². The van der Waals surface area contributed by atoms with Crippen LogP contribution in [0, 0.1) is 0 Å². The van der Waals surface area contributed by atoms with Gasteiger partial charge in [0.1, 0.15) is 5.57 Å². The van der Waals surface area contributed by atoms with E-state index in [0.29, 0.717) is 16.3 Å². The number of nitrogens with zero attached hydrogens (tertiary/aromatic N) is 1. The Balaban J connectivity index is 2.03. The SMILES string of the molecule is COC(=O)[C@@H](C)Oc1c(/C=C2\C(=O)NN(c3ccccc3)C2=O)cc(Cl)cc1OC. The Morgan fingerprint density at radius 3 is 2.50 bits per heavy atom. The van der Waals surface area contributed by atoms with Gasteiger partial charge in [0.2, 0.25) is 0 Å². The number of ether oxygens (including phenoxy) is 3. The van der Waals surface area contributed by atoms with Crippen LogP contribution in [0.3, 0.4) is 0 Å². The maximum absolute atomic E-state index is 12.8. The van der Waals surface area contributed by atoms with Gasteiger partial charge < -0.3 is 14.2 Å². The molecule has 1 saturated heterocycles. The maximum atomic E-state index is 12.8. The maximum Gasteiger partial charge on any atom is 0.346 e. The van der Waals surface area contributed by atoms with Crippen molar-refractivity contribution >= 4 is 41.1 Å². The number of amides is 2. The Morgan fingerprint density at radius 2 is 1.87 bits per heavy atom. The lowest BCUT2D eigenvalue weighted by Gasteiger charge is -2.18. The largest absolute Gasteiger partial charge is 0.493 e. The fourth-order valence-electron chi connectivity index (χ4n) is 2.84. The average molecular weight is 431 g/mol. The first-order valence-electron chi connectivity index (χ1n) is 8.90. The topological polar surface area (TPSA) is 94.2 Å². The number of benzene rings is 2. The molecule has 2 aromatic rings. The van der Waals surface area contributed by atoms with Crippen molar-refractivity contribution in [2.24, 2.45) is 0 Å². The van der Waals surface area contributed by atoms with E-state index in [-0.39, 0.29) is 17.1 Å². The van der Waals surface area contributed by atoms with E-state index in [1.165, 1.54) is 39.4 Å². The van der Waals surface area contributed by atoms with Crippen LogP contribution in [0.1, 0.15) is 12.5 Å². The van der Waals surface area contributed by atoms with E-state index in [2.05, 4.69) is 10.2 Å². The highest BCUT2D eigenvalue weighted by Gasteiger charge is 2.35. The highest BCUT2D eigenvalue weighted by atomic mass is 35.5. The molecule has 3 rings (SSSR count). The zero-order valence-electron chi connectivity index (χ0n) is 16.5. The second-order valence-electron chi connectivity index (χ2n) is 6.28. The van der Waals surface area contributed by atoms with Crippen LogP contribution in [-0.4, -0.2) is 38.1 Å². The molecule has 1 aliphatic heterocycles. The Morgan fingerprint density at radius 1 is 1.17 bits per heavy atom. The number of esters is 1. The van der Waals surface area contributed by atoms with Gasteiger partial charge in [-0.3, -0.25) is 15.0 Å². The first kappa shape index (κ1) is 21.2.